The maximum Gasteiger partial charge on any atom is 0.145 e. The maximum atomic E-state index is 13.3. The Bertz CT molecular complexity index is 588. The summed E-state index contributed by atoms with van der Waals surface area (Å²) in [5.41, 5.74) is 5.38. The molecule has 18 heavy (non-hydrogen) atoms. The van der Waals surface area contributed by atoms with Crippen molar-refractivity contribution in [1.29, 1.82) is 5.26 Å². The van der Waals surface area contributed by atoms with E-state index in [0.717, 1.165) is 0 Å². The minimum Gasteiger partial charge on any atom is -0.490 e. The molecule has 2 aromatic rings. The van der Waals surface area contributed by atoms with E-state index in [1.54, 1.807) is 29.1 Å². The number of hydrogen-bond donors (Lipinski definition) is 1. The SMILES string of the molecule is N#Cc1c(F)cccc1OCCn1ccc(N)n1. The predicted molar refractivity (Wildman–Crippen MR) is 63.2 cm³/mol. The summed E-state index contributed by atoms with van der Waals surface area (Å²) in [6.45, 7) is 0.748. The molecule has 0 saturated carbocycles. The van der Waals surface area contributed by atoms with Crippen LogP contribution >= 0.6 is 0 Å². The second-order valence-corrected chi connectivity index (χ2v) is 3.58. The number of halogens is 1. The van der Waals surface area contributed by atoms with E-state index in [1.165, 1.54) is 12.1 Å². The van der Waals surface area contributed by atoms with Gasteiger partial charge in [-0.15, -0.1) is 0 Å². The number of ether oxygens (including phenoxy) is 1. The molecule has 0 radical (unpaired) electrons. The lowest BCUT2D eigenvalue weighted by atomic mass is 10.2. The first-order valence-electron chi connectivity index (χ1n) is 5.31. The molecule has 1 aromatic heterocycles. The van der Waals surface area contributed by atoms with Gasteiger partial charge in [-0.1, -0.05) is 6.07 Å². The summed E-state index contributed by atoms with van der Waals surface area (Å²) < 4.78 is 20.2. The van der Waals surface area contributed by atoms with Crippen molar-refractivity contribution >= 4 is 5.82 Å². The highest BCUT2D eigenvalue weighted by atomic mass is 19.1. The minimum absolute atomic E-state index is 0.0857. The van der Waals surface area contributed by atoms with Gasteiger partial charge in [0, 0.05) is 6.20 Å². The summed E-state index contributed by atoms with van der Waals surface area (Å²) in [6, 6.07) is 7.72. The maximum absolute atomic E-state index is 13.3. The summed E-state index contributed by atoms with van der Waals surface area (Å²) in [6.07, 6.45) is 1.72. The fourth-order valence-corrected chi connectivity index (χ4v) is 1.48. The molecule has 0 atom stereocenters. The molecule has 6 heteroatoms. The second kappa shape index (κ2) is 5.19. The highest BCUT2D eigenvalue weighted by molar-refractivity contribution is 5.43. The summed E-state index contributed by atoms with van der Waals surface area (Å²) in [4.78, 5) is 0. The zero-order chi connectivity index (χ0) is 13.0. The molecule has 2 rings (SSSR count). The third kappa shape index (κ3) is 2.58. The number of anilines is 1. The smallest absolute Gasteiger partial charge is 0.145 e. The zero-order valence-electron chi connectivity index (χ0n) is 9.51. The number of aromatic nitrogens is 2. The first-order valence-corrected chi connectivity index (χ1v) is 5.31. The fraction of sp³-hybridized carbons (Fsp3) is 0.167. The Balaban J connectivity index is 1.99. The molecule has 0 aliphatic rings. The lowest BCUT2D eigenvalue weighted by Crippen LogP contribution is -2.09. The standard InChI is InChI=1S/C12H11FN4O/c13-10-2-1-3-11(9(10)8-14)18-7-6-17-5-4-12(15)16-17/h1-5H,6-7H2,(H2,15,16). The van der Waals surface area contributed by atoms with Crippen molar-refractivity contribution in [2.24, 2.45) is 0 Å². The van der Waals surface area contributed by atoms with E-state index in [9.17, 15) is 4.39 Å². The molecular formula is C12H11FN4O. The van der Waals surface area contributed by atoms with Crippen LogP contribution < -0.4 is 10.5 Å². The van der Waals surface area contributed by atoms with Crippen molar-refractivity contribution in [3.63, 3.8) is 0 Å². The van der Waals surface area contributed by atoms with Gasteiger partial charge in [-0.05, 0) is 18.2 Å². The van der Waals surface area contributed by atoms with E-state index >= 15 is 0 Å². The van der Waals surface area contributed by atoms with E-state index in [4.69, 9.17) is 15.7 Å². The Morgan fingerprint density at radius 1 is 1.44 bits per heavy atom. The topological polar surface area (TPSA) is 76.9 Å². The van der Waals surface area contributed by atoms with Gasteiger partial charge in [0.1, 0.15) is 35.6 Å². The van der Waals surface area contributed by atoms with E-state index in [2.05, 4.69) is 5.10 Å². The summed E-state index contributed by atoms with van der Waals surface area (Å²) in [5, 5.41) is 12.8. The van der Waals surface area contributed by atoms with Gasteiger partial charge >= 0.3 is 0 Å². The molecule has 1 heterocycles. The number of benzene rings is 1. The molecule has 0 aliphatic heterocycles. The number of rotatable bonds is 4. The van der Waals surface area contributed by atoms with Crippen molar-refractivity contribution in [1.82, 2.24) is 9.78 Å². The van der Waals surface area contributed by atoms with Crippen LogP contribution in [0.15, 0.2) is 30.5 Å². The molecular weight excluding hydrogens is 235 g/mol. The van der Waals surface area contributed by atoms with Crippen LogP contribution in [0.4, 0.5) is 10.2 Å². The van der Waals surface area contributed by atoms with Crippen LogP contribution in [0.25, 0.3) is 0 Å². The van der Waals surface area contributed by atoms with Crippen molar-refractivity contribution in [2.75, 3.05) is 12.3 Å². The van der Waals surface area contributed by atoms with Crippen molar-refractivity contribution in [2.45, 2.75) is 6.54 Å². The van der Waals surface area contributed by atoms with Crippen LogP contribution in [0.3, 0.4) is 0 Å². The summed E-state index contributed by atoms with van der Waals surface area (Å²) in [7, 11) is 0. The number of nitrogen functional groups attached to an aromatic ring is 1. The zero-order valence-corrected chi connectivity index (χ0v) is 9.51. The molecule has 0 aliphatic carbocycles. The number of hydrogen-bond acceptors (Lipinski definition) is 4. The molecule has 0 spiro atoms. The van der Waals surface area contributed by atoms with Crippen molar-refractivity contribution in [3.05, 3.63) is 41.8 Å². The third-order valence-electron chi connectivity index (χ3n) is 2.33. The van der Waals surface area contributed by atoms with E-state index < -0.39 is 5.82 Å². The van der Waals surface area contributed by atoms with Gasteiger partial charge in [-0.2, -0.15) is 10.4 Å². The molecule has 1 aromatic carbocycles. The molecule has 92 valence electrons. The first kappa shape index (κ1) is 11.9. The quantitative estimate of drug-likeness (QED) is 0.888. The van der Waals surface area contributed by atoms with Crippen LogP contribution in [-0.4, -0.2) is 16.4 Å². The molecule has 0 fully saturated rings. The van der Waals surface area contributed by atoms with Crippen LogP contribution in [0.2, 0.25) is 0 Å². The van der Waals surface area contributed by atoms with Gasteiger partial charge in [0.2, 0.25) is 0 Å². The molecule has 0 unspecified atom stereocenters. The number of nitrogens with zero attached hydrogens (tertiary/aromatic N) is 3. The Morgan fingerprint density at radius 3 is 2.94 bits per heavy atom. The Hall–Kier alpha value is -2.55. The van der Waals surface area contributed by atoms with Crippen molar-refractivity contribution < 1.29 is 9.13 Å². The molecule has 0 bridgehead atoms. The predicted octanol–water partition coefficient (Wildman–Crippen LogP) is 1.56. The largest absolute Gasteiger partial charge is 0.490 e. The average Bonchev–Trinajstić information content (AvgIpc) is 2.75. The van der Waals surface area contributed by atoms with Crippen molar-refractivity contribution in [3.8, 4) is 11.8 Å². The number of nitriles is 1. The number of nitrogens with two attached hydrogens (primary N) is 1. The molecule has 2 N–H and O–H groups in total. The van der Waals surface area contributed by atoms with Gasteiger partial charge in [-0.3, -0.25) is 4.68 Å². The van der Waals surface area contributed by atoms with E-state index in [-0.39, 0.29) is 17.9 Å². The van der Waals surface area contributed by atoms with Gasteiger partial charge in [-0.25, -0.2) is 4.39 Å². The fourth-order valence-electron chi connectivity index (χ4n) is 1.48. The van der Waals surface area contributed by atoms with Crippen LogP contribution in [-0.2, 0) is 6.54 Å². The highest BCUT2D eigenvalue weighted by Gasteiger charge is 2.08. The summed E-state index contributed by atoms with van der Waals surface area (Å²) in [5.74, 6) is 0.0782. The van der Waals surface area contributed by atoms with Crippen LogP contribution in [0, 0.1) is 17.1 Å². The highest BCUT2D eigenvalue weighted by Crippen LogP contribution is 2.20. The average molecular weight is 246 g/mol. The Kier molecular flexibility index (Phi) is 3.44. The summed E-state index contributed by atoms with van der Waals surface area (Å²) >= 11 is 0. The Labute approximate surface area is 103 Å². The van der Waals surface area contributed by atoms with E-state index in [0.29, 0.717) is 12.4 Å². The first-order chi connectivity index (χ1) is 8.70. The Morgan fingerprint density at radius 2 is 2.28 bits per heavy atom. The van der Waals surface area contributed by atoms with Gasteiger partial charge < -0.3 is 10.5 Å². The molecule has 0 amide bonds. The van der Waals surface area contributed by atoms with Crippen LogP contribution in [0.1, 0.15) is 5.56 Å². The second-order valence-electron chi connectivity index (χ2n) is 3.58. The molecule has 0 saturated heterocycles. The van der Waals surface area contributed by atoms with Crippen LogP contribution in [0.5, 0.6) is 5.75 Å². The minimum atomic E-state index is -0.585. The van der Waals surface area contributed by atoms with E-state index in [1.807, 2.05) is 0 Å². The lowest BCUT2D eigenvalue weighted by molar-refractivity contribution is 0.289. The van der Waals surface area contributed by atoms with Gasteiger partial charge in [0.15, 0.2) is 0 Å². The monoisotopic (exact) mass is 246 g/mol. The van der Waals surface area contributed by atoms with Gasteiger partial charge in [0.05, 0.1) is 6.54 Å². The molecule has 5 nitrogen and oxygen atoms in total. The lowest BCUT2D eigenvalue weighted by Gasteiger charge is -2.08. The van der Waals surface area contributed by atoms with Gasteiger partial charge in [0.25, 0.3) is 0 Å². The third-order valence-corrected chi connectivity index (χ3v) is 2.33. The normalized spacial score (nSPS) is 10.0.